The molecule has 154 valence electrons. The van der Waals surface area contributed by atoms with Crippen LogP contribution < -0.4 is 4.74 Å². The molecule has 0 aromatic heterocycles. The van der Waals surface area contributed by atoms with Crippen molar-refractivity contribution in [2.24, 2.45) is 0 Å². The Morgan fingerprint density at radius 1 is 0.900 bits per heavy atom. The largest absolute Gasteiger partial charge is 0.480 e. The van der Waals surface area contributed by atoms with Crippen LogP contribution in [0, 0.1) is 0 Å². The lowest BCUT2D eigenvalue weighted by Gasteiger charge is -2.12. The van der Waals surface area contributed by atoms with Crippen molar-refractivity contribution in [3.8, 4) is 5.75 Å². The zero-order valence-electron chi connectivity index (χ0n) is 15.6. The summed E-state index contributed by atoms with van der Waals surface area (Å²) in [4.78, 5) is 11.6. The van der Waals surface area contributed by atoms with E-state index in [-0.39, 0.29) is 0 Å². The Kier molecular flexibility index (Phi) is 8.11. The first-order chi connectivity index (χ1) is 14.5. The number of hydrogen-bond donors (Lipinski definition) is 1. The Balaban J connectivity index is 1.82. The number of benzene rings is 3. The van der Waals surface area contributed by atoms with Gasteiger partial charge in [0.1, 0.15) is 5.75 Å². The van der Waals surface area contributed by atoms with Gasteiger partial charge in [-0.2, -0.15) is 0 Å². The van der Waals surface area contributed by atoms with Crippen LogP contribution in [-0.2, 0) is 4.79 Å². The topological polar surface area (TPSA) is 46.5 Å². The molecular formula is C23H17Cl3O3S. The second-order valence-corrected chi connectivity index (χ2v) is 8.48. The molecule has 0 atom stereocenters. The number of halogens is 3. The maximum absolute atomic E-state index is 10.6. The van der Waals surface area contributed by atoms with Crippen LogP contribution in [0.3, 0.4) is 0 Å². The summed E-state index contributed by atoms with van der Waals surface area (Å²) in [6.45, 7) is -0.437. The summed E-state index contributed by atoms with van der Waals surface area (Å²) in [5.74, 6) is -0.0645. The lowest BCUT2D eigenvalue weighted by molar-refractivity contribution is -0.139. The van der Waals surface area contributed by atoms with Gasteiger partial charge in [-0.25, -0.2) is 4.79 Å². The summed E-state index contributed by atoms with van der Waals surface area (Å²) >= 11 is 20.7. The smallest absolute Gasteiger partial charge is 0.341 e. The summed E-state index contributed by atoms with van der Waals surface area (Å²) in [6, 6.07) is 20.6. The van der Waals surface area contributed by atoms with Crippen molar-refractivity contribution in [2.45, 2.75) is 4.90 Å². The third-order valence-corrected chi connectivity index (χ3v) is 6.00. The second-order valence-electron chi connectivity index (χ2n) is 6.16. The van der Waals surface area contributed by atoms with Gasteiger partial charge in [0, 0.05) is 31.8 Å². The number of hydrogen-bond acceptors (Lipinski definition) is 3. The van der Waals surface area contributed by atoms with Crippen molar-refractivity contribution in [3.63, 3.8) is 0 Å². The molecule has 3 aromatic rings. The third-order valence-electron chi connectivity index (χ3n) is 4.12. The molecule has 0 bridgehead atoms. The van der Waals surface area contributed by atoms with Crippen molar-refractivity contribution in [2.75, 3.05) is 12.4 Å². The molecule has 0 unspecified atom stereocenters. The first-order valence-electron chi connectivity index (χ1n) is 8.92. The molecule has 0 radical (unpaired) electrons. The van der Waals surface area contributed by atoms with Gasteiger partial charge in [0.25, 0.3) is 0 Å². The van der Waals surface area contributed by atoms with Crippen molar-refractivity contribution in [1.29, 1.82) is 0 Å². The van der Waals surface area contributed by atoms with Crippen molar-refractivity contribution >= 4 is 58.1 Å². The summed E-state index contributed by atoms with van der Waals surface area (Å²) in [5.41, 5.74) is 2.76. The minimum Gasteiger partial charge on any atom is -0.480 e. The number of rotatable bonds is 8. The van der Waals surface area contributed by atoms with Gasteiger partial charge < -0.3 is 9.84 Å². The summed E-state index contributed by atoms with van der Waals surface area (Å²) in [6.07, 6.45) is 2.08. The fourth-order valence-electron chi connectivity index (χ4n) is 2.77. The van der Waals surface area contributed by atoms with Gasteiger partial charge >= 0.3 is 5.97 Å². The van der Waals surface area contributed by atoms with E-state index in [1.54, 1.807) is 23.9 Å². The van der Waals surface area contributed by atoms with Crippen LogP contribution in [0.4, 0.5) is 0 Å². The number of ether oxygens (including phenoxy) is 1. The minimum absolute atomic E-state index is 0.340. The molecule has 3 aromatic carbocycles. The lowest BCUT2D eigenvalue weighted by atomic mass is 9.98. The molecule has 0 aliphatic heterocycles. The van der Waals surface area contributed by atoms with Gasteiger partial charge in [-0.05, 0) is 35.9 Å². The maximum Gasteiger partial charge on any atom is 0.341 e. The Hall–Kier alpha value is -2.11. The van der Waals surface area contributed by atoms with Crippen LogP contribution in [-0.4, -0.2) is 23.4 Å². The zero-order chi connectivity index (χ0) is 21.5. The van der Waals surface area contributed by atoms with Crippen molar-refractivity contribution in [1.82, 2.24) is 0 Å². The number of thioether (sulfide) groups is 1. The van der Waals surface area contributed by atoms with E-state index in [1.165, 1.54) is 0 Å². The second kappa shape index (κ2) is 10.8. The van der Waals surface area contributed by atoms with Gasteiger partial charge in [0.15, 0.2) is 6.61 Å². The van der Waals surface area contributed by atoms with E-state index < -0.39 is 12.6 Å². The molecule has 0 saturated carbocycles. The van der Waals surface area contributed by atoms with E-state index in [1.807, 2.05) is 54.6 Å². The van der Waals surface area contributed by atoms with Crippen LogP contribution in [0.2, 0.25) is 15.1 Å². The van der Waals surface area contributed by atoms with E-state index in [9.17, 15) is 4.79 Å². The van der Waals surface area contributed by atoms with Crippen LogP contribution in [0.1, 0.15) is 11.1 Å². The average Bonchev–Trinajstić information content (AvgIpc) is 2.72. The summed E-state index contributed by atoms with van der Waals surface area (Å²) < 4.78 is 5.16. The molecule has 0 saturated heterocycles. The van der Waals surface area contributed by atoms with E-state index in [0.717, 1.165) is 21.6 Å². The normalized spacial score (nSPS) is 10.5. The SMILES string of the molecule is O=C(O)COc1ccc(SCC=C(c2ccccc2Cl)c2ccccc2Cl)cc1Cl. The highest BCUT2D eigenvalue weighted by molar-refractivity contribution is 7.99. The van der Waals surface area contributed by atoms with Crippen molar-refractivity contribution < 1.29 is 14.6 Å². The van der Waals surface area contributed by atoms with Crippen LogP contribution in [0.25, 0.3) is 5.57 Å². The molecule has 0 amide bonds. The van der Waals surface area contributed by atoms with Gasteiger partial charge in [-0.3, -0.25) is 0 Å². The first kappa shape index (κ1) is 22.6. The molecule has 0 aliphatic carbocycles. The maximum atomic E-state index is 10.6. The Morgan fingerprint density at radius 3 is 2.03 bits per heavy atom. The number of carboxylic acids is 1. The van der Waals surface area contributed by atoms with Gasteiger partial charge in [-0.15, -0.1) is 11.8 Å². The minimum atomic E-state index is -1.05. The predicted octanol–water partition coefficient (Wildman–Crippen LogP) is 7.33. The quantitative estimate of drug-likeness (QED) is 0.343. The fourth-order valence-corrected chi connectivity index (χ4v) is 4.36. The van der Waals surface area contributed by atoms with E-state index in [2.05, 4.69) is 6.08 Å². The van der Waals surface area contributed by atoms with E-state index in [4.69, 9.17) is 44.6 Å². The fraction of sp³-hybridized carbons (Fsp3) is 0.0870. The van der Waals surface area contributed by atoms with Crippen LogP contribution in [0.15, 0.2) is 77.7 Å². The summed E-state index contributed by atoms with van der Waals surface area (Å²) in [7, 11) is 0. The van der Waals surface area contributed by atoms with Crippen LogP contribution >= 0.6 is 46.6 Å². The molecule has 0 spiro atoms. The van der Waals surface area contributed by atoms with E-state index in [0.29, 0.717) is 26.6 Å². The molecule has 1 N–H and O–H groups in total. The molecular weight excluding hydrogens is 463 g/mol. The van der Waals surface area contributed by atoms with Gasteiger partial charge in [-0.1, -0.05) is 77.3 Å². The molecule has 30 heavy (non-hydrogen) atoms. The third kappa shape index (κ3) is 5.96. The zero-order valence-corrected chi connectivity index (χ0v) is 18.7. The number of carboxylic acid groups (broad SMARTS) is 1. The highest BCUT2D eigenvalue weighted by Gasteiger charge is 2.12. The highest BCUT2D eigenvalue weighted by atomic mass is 35.5. The molecule has 7 heteroatoms. The van der Waals surface area contributed by atoms with Gasteiger partial charge in [0.05, 0.1) is 5.02 Å². The Labute approximate surface area is 194 Å². The molecule has 0 heterocycles. The molecule has 0 fully saturated rings. The standard InChI is InChI=1S/C23H17Cl3O3S/c24-19-7-3-1-5-17(19)16(18-6-2-4-8-20(18)25)11-12-30-15-9-10-22(21(26)13-15)29-14-23(27)28/h1-11,13H,12,14H2,(H,27,28). The number of aliphatic carboxylic acids is 1. The number of carbonyl (C=O) groups is 1. The highest BCUT2D eigenvalue weighted by Crippen LogP contribution is 2.35. The monoisotopic (exact) mass is 478 g/mol. The average molecular weight is 480 g/mol. The molecule has 3 nitrogen and oxygen atoms in total. The lowest BCUT2D eigenvalue weighted by Crippen LogP contribution is -2.09. The molecule has 0 aliphatic rings. The first-order valence-corrected chi connectivity index (χ1v) is 11.0. The molecule has 3 rings (SSSR count). The predicted molar refractivity (Wildman–Crippen MR) is 125 cm³/mol. The van der Waals surface area contributed by atoms with Gasteiger partial charge in [0.2, 0.25) is 0 Å². The Morgan fingerprint density at radius 2 is 1.50 bits per heavy atom. The Bertz CT molecular complexity index is 1040. The summed E-state index contributed by atoms with van der Waals surface area (Å²) in [5, 5.41) is 10.4. The van der Waals surface area contributed by atoms with E-state index >= 15 is 0 Å². The van der Waals surface area contributed by atoms with Crippen molar-refractivity contribution in [3.05, 3.63) is 99.0 Å². The van der Waals surface area contributed by atoms with Crippen LogP contribution in [0.5, 0.6) is 5.75 Å².